The molecule has 4 nitrogen and oxygen atoms in total. The highest BCUT2D eigenvalue weighted by molar-refractivity contribution is 5.94. The second kappa shape index (κ2) is 9.06. The lowest BCUT2D eigenvalue weighted by molar-refractivity contribution is 0.0755. The third-order valence-electron chi connectivity index (χ3n) is 3.92. The molecule has 1 amide bonds. The highest BCUT2D eigenvalue weighted by atomic mass is 16.2. The van der Waals surface area contributed by atoms with Gasteiger partial charge >= 0.3 is 0 Å². The number of anilines is 2. The van der Waals surface area contributed by atoms with E-state index in [0.717, 1.165) is 43.9 Å². The van der Waals surface area contributed by atoms with E-state index in [-0.39, 0.29) is 5.91 Å². The molecule has 0 radical (unpaired) electrons. The van der Waals surface area contributed by atoms with Crippen LogP contribution in [-0.2, 0) is 6.42 Å². The average Bonchev–Trinajstić information content (AvgIpc) is 2.62. The number of hydrogen-bond donors (Lipinski definition) is 1. The predicted octanol–water partition coefficient (Wildman–Crippen LogP) is 4.65. The van der Waals surface area contributed by atoms with Crippen molar-refractivity contribution in [2.24, 2.45) is 0 Å². The molecule has 0 bridgehead atoms. The third-order valence-corrected chi connectivity index (χ3v) is 3.92. The van der Waals surface area contributed by atoms with Crippen LogP contribution in [0.5, 0.6) is 0 Å². The maximum atomic E-state index is 12.5. The second-order valence-electron chi connectivity index (χ2n) is 5.90. The van der Waals surface area contributed by atoms with Gasteiger partial charge in [-0.1, -0.05) is 32.9 Å². The Morgan fingerprint density at radius 3 is 2.17 bits per heavy atom. The van der Waals surface area contributed by atoms with Gasteiger partial charge in [0.1, 0.15) is 5.82 Å². The van der Waals surface area contributed by atoms with Crippen LogP contribution in [0.4, 0.5) is 11.5 Å². The molecular formula is C20H27N3O. The van der Waals surface area contributed by atoms with Gasteiger partial charge in [0.2, 0.25) is 0 Å². The zero-order chi connectivity index (χ0) is 17.4. The second-order valence-corrected chi connectivity index (χ2v) is 5.90. The molecule has 2 rings (SSSR count). The van der Waals surface area contributed by atoms with E-state index in [1.165, 1.54) is 5.56 Å². The molecule has 0 aliphatic rings. The van der Waals surface area contributed by atoms with Gasteiger partial charge in [-0.2, -0.15) is 0 Å². The molecule has 24 heavy (non-hydrogen) atoms. The molecular weight excluding hydrogens is 298 g/mol. The molecule has 0 atom stereocenters. The number of pyridine rings is 1. The summed E-state index contributed by atoms with van der Waals surface area (Å²) in [5, 5.41) is 3.26. The van der Waals surface area contributed by atoms with Crippen LogP contribution in [0.3, 0.4) is 0 Å². The fourth-order valence-corrected chi connectivity index (χ4v) is 2.60. The van der Waals surface area contributed by atoms with Crippen LogP contribution in [0.25, 0.3) is 0 Å². The Kier molecular flexibility index (Phi) is 6.79. The molecule has 0 unspecified atom stereocenters. The molecule has 2 aromatic rings. The molecule has 0 saturated carbocycles. The van der Waals surface area contributed by atoms with Gasteiger partial charge in [-0.05, 0) is 49.1 Å². The number of nitrogens with zero attached hydrogens (tertiary/aromatic N) is 2. The Morgan fingerprint density at radius 2 is 1.67 bits per heavy atom. The number of hydrogen-bond acceptors (Lipinski definition) is 3. The highest BCUT2D eigenvalue weighted by Gasteiger charge is 2.14. The lowest BCUT2D eigenvalue weighted by Gasteiger charge is -2.21. The first-order valence-electron chi connectivity index (χ1n) is 8.79. The van der Waals surface area contributed by atoms with Gasteiger partial charge < -0.3 is 10.2 Å². The van der Waals surface area contributed by atoms with Gasteiger partial charge in [0.05, 0.1) is 5.56 Å². The van der Waals surface area contributed by atoms with Crippen molar-refractivity contribution in [3.63, 3.8) is 0 Å². The summed E-state index contributed by atoms with van der Waals surface area (Å²) in [6, 6.07) is 12.0. The van der Waals surface area contributed by atoms with E-state index in [9.17, 15) is 4.79 Å². The smallest absolute Gasteiger partial charge is 0.255 e. The Balaban J connectivity index is 2.04. The maximum Gasteiger partial charge on any atom is 0.255 e. The molecule has 1 heterocycles. The molecule has 0 fully saturated rings. The van der Waals surface area contributed by atoms with Crippen molar-refractivity contribution in [2.45, 2.75) is 40.0 Å². The summed E-state index contributed by atoms with van der Waals surface area (Å²) in [4.78, 5) is 18.8. The average molecular weight is 325 g/mol. The molecule has 1 aromatic heterocycles. The minimum Gasteiger partial charge on any atom is -0.340 e. The number of amides is 1. The van der Waals surface area contributed by atoms with Crippen molar-refractivity contribution in [1.82, 2.24) is 9.88 Å². The molecule has 4 heteroatoms. The molecule has 128 valence electrons. The normalized spacial score (nSPS) is 10.5. The van der Waals surface area contributed by atoms with Gasteiger partial charge in [0, 0.05) is 25.0 Å². The van der Waals surface area contributed by atoms with Gasteiger partial charge in [-0.15, -0.1) is 0 Å². The summed E-state index contributed by atoms with van der Waals surface area (Å²) >= 11 is 0. The lowest BCUT2D eigenvalue weighted by Crippen LogP contribution is -2.32. The highest BCUT2D eigenvalue weighted by Crippen LogP contribution is 2.16. The third kappa shape index (κ3) is 4.82. The van der Waals surface area contributed by atoms with E-state index in [2.05, 4.69) is 43.2 Å². The van der Waals surface area contributed by atoms with Crippen LogP contribution < -0.4 is 5.32 Å². The van der Waals surface area contributed by atoms with Crippen molar-refractivity contribution in [3.05, 3.63) is 53.7 Å². The maximum absolute atomic E-state index is 12.5. The van der Waals surface area contributed by atoms with Crippen molar-refractivity contribution < 1.29 is 4.79 Å². The van der Waals surface area contributed by atoms with Gasteiger partial charge in [0.15, 0.2) is 0 Å². The number of aromatic nitrogens is 1. The van der Waals surface area contributed by atoms with Crippen LogP contribution in [0.15, 0.2) is 42.6 Å². The fraction of sp³-hybridized carbons (Fsp3) is 0.400. The number of rotatable bonds is 8. The number of aryl methyl sites for hydroxylation is 1. The van der Waals surface area contributed by atoms with E-state index in [1.807, 2.05) is 29.2 Å². The Hall–Kier alpha value is -2.36. The van der Waals surface area contributed by atoms with Crippen molar-refractivity contribution in [1.29, 1.82) is 0 Å². The van der Waals surface area contributed by atoms with Crippen LogP contribution in [0.2, 0.25) is 0 Å². The first-order chi connectivity index (χ1) is 11.7. The number of benzene rings is 1. The van der Waals surface area contributed by atoms with E-state index >= 15 is 0 Å². The fourth-order valence-electron chi connectivity index (χ4n) is 2.60. The topological polar surface area (TPSA) is 45.2 Å². The summed E-state index contributed by atoms with van der Waals surface area (Å²) in [7, 11) is 0. The minimum atomic E-state index is 0.0602. The largest absolute Gasteiger partial charge is 0.340 e. The minimum absolute atomic E-state index is 0.0602. The zero-order valence-corrected chi connectivity index (χ0v) is 14.9. The monoisotopic (exact) mass is 325 g/mol. The Labute approximate surface area is 144 Å². The number of carbonyl (C=O) groups excluding carboxylic acids is 1. The standard InChI is InChI=1S/C20H27N3O/c1-4-13-23(14-5-2)20(24)17-9-12-19(21-15-17)22-18-10-7-16(6-3)8-11-18/h7-12,15H,4-6,13-14H2,1-3H3,(H,21,22). The summed E-state index contributed by atoms with van der Waals surface area (Å²) in [6.45, 7) is 7.89. The quantitative estimate of drug-likeness (QED) is 0.768. The lowest BCUT2D eigenvalue weighted by atomic mass is 10.1. The van der Waals surface area contributed by atoms with Crippen LogP contribution in [0.1, 0.15) is 49.5 Å². The Morgan fingerprint density at radius 1 is 1.00 bits per heavy atom. The summed E-state index contributed by atoms with van der Waals surface area (Å²) in [6.07, 6.45) is 4.61. The zero-order valence-electron chi connectivity index (χ0n) is 14.9. The van der Waals surface area contributed by atoms with Gasteiger partial charge in [-0.25, -0.2) is 4.98 Å². The first-order valence-corrected chi connectivity index (χ1v) is 8.79. The molecule has 0 saturated heterocycles. The van der Waals surface area contributed by atoms with E-state index < -0.39 is 0 Å². The van der Waals surface area contributed by atoms with E-state index in [0.29, 0.717) is 5.56 Å². The number of carbonyl (C=O) groups is 1. The molecule has 0 spiro atoms. The van der Waals surface area contributed by atoms with E-state index in [4.69, 9.17) is 0 Å². The van der Waals surface area contributed by atoms with Gasteiger partial charge in [0.25, 0.3) is 5.91 Å². The summed E-state index contributed by atoms with van der Waals surface area (Å²) in [5.41, 5.74) is 2.95. The SMILES string of the molecule is CCCN(CCC)C(=O)c1ccc(Nc2ccc(CC)cc2)nc1. The number of nitrogens with one attached hydrogen (secondary N) is 1. The molecule has 1 N–H and O–H groups in total. The molecule has 0 aliphatic carbocycles. The van der Waals surface area contributed by atoms with Crippen LogP contribution in [0, 0.1) is 0 Å². The van der Waals surface area contributed by atoms with Crippen LogP contribution >= 0.6 is 0 Å². The summed E-state index contributed by atoms with van der Waals surface area (Å²) < 4.78 is 0. The predicted molar refractivity (Wildman–Crippen MR) is 99.8 cm³/mol. The van der Waals surface area contributed by atoms with Crippen molar-refractivity contribution in [3.8, 4) is 0 Å². The molecule has 1 aromatic carbocycles. The van der Waals surface area contributed by atoms with E-state index in [1.54, 1.807) is 6.20 Å². The van der Waals surface area contributed by atoms with Crippen molar-refractivity contribution in [2.75, 3.05) is 18.4 Å². The first kappa shape index (κ1) is 18.0. The molecule has 0 aliphatic heterocycles. The van der Waals surface area contributed by atoms with Crippen molar-refractivity contribution >= 4 is 17.4 Å². The Bertz CT molecular complexity index is 629. The van der Waals surface area contributed by atoms with Crippen LogP contribution in [-0.4, -0.2) is 28.9 Å². The summed E-state index contributed by atoms with van der Waals surface area (Å²) in [5.74, 6) is 0.804. The van der Waals surface area contributed by atoms with Gasteiger partial charge in [-0.3, -0.25) is 4.79 Å².